The summed E-state index contributed by atoms with van der Waals surface area (Å²) < 4.78 is 0. The zero-order valence-electron chi connectivity index (χ0n) is 16.0. The minimum Gasteiger partial charge on any atom is -1.00 e. The molecule has 0 aromatic heterocycles. The average Bonchev–Trinajstić information content (AvgIpc) is 2.50. The van der Waals surface area contributed by atoms with Crippen LogP contribution >= 0.6 is 0 Å². The molecule has 0 aliphatic rings. The average molecular weight is 328 g/mol. The van der Waals surface area contributed by atoms with Crippen LogP contribution in [0.3, 0.4) is 0 Å². The van der Waals surface area contributed by atoms with E-state index in [1.165, 1.54) is 25.7 Å². The Morgan fingerprint density at radius 3 is 1.65 bits per heavy atom. The Labute approximate surface area is 166 Å². The van der Waals surface area contributed by atoms with Gasteiger partial charge < -0.3 is 6.53 Å². The van der Waals surface area contributed by atoms with Crippen LogP contribution in [0.4, 0.5) is 0 Å². The molecule has 0 aliphatic heterocycles. The summed E-state index contributed by atoms with van der Waals surface area (Å²) in [5, 5.41) is 8.49. The summed E-state index contributed by atoms with van der Waals surface area (Å²) in [6.07, 6.45) is 27.3. The Morgan fingerprint density at radius 2 is 1.22 bits per heavy atom. The molecule has 0 aliphatic carbocycles. The molecule has 3 heteroatoms. The number of carboxylic acid groups (broad SMARTS) is 1. The topological polar surface area (TPSA) is 37.3 Å². The van der Waals surface area contributed by atoms with Gasteiger partial charge in [0.2, 0.25) is 0 Å². The fourth-order valence-corrected chi connectivity index (χ4v) is 1.93. The van der Waals surface area contributed by atoms with Crippen LogP contribution in [0.15, 0.2) is 48.6 Å². The van der Waals surface area contributed by atoms with Crippen molar-refractivity contribution in [2.24, 2.45) is 0 Å². The number of carboxylic acids is 1. The molecule has 0 heterocycles. The van der Waals surface area contributed by atoms with Crippen LogP contribution in [0.25, 0.3) is 0 Å². The summed E-state index contributed by atoms with van der Waals surface area (Å²) in [4.78, 5) is 10.3. The zero-order chi connectivity index (χ0) is 16.3. The number of unbranched alkanes of at least 4 members (excludes halogenated alkanes) is 4. The zero-order valence-corrected chi connectivity index (χ0v) is 17.0. The second-order valence-electron chi connectivity index (χ2n) is 5.37. The van der Waals surface area contributed by atoms with Crippen LogP contribution in [0, 0.1) is 0 Å². The van der Waals surface area contributed by atoms with Gasteiger partial charge in [0.05, 0.1) is 0 Å². The Balaban J connectivity index is -0.00000220. The van der Waals surface area contributed by atoms with Gasteiger partial charge >= 0.3 is 35.5 Å². The van der Waals surface area contributed by atoms with Crippen LogP contribution in [0.5, 0.6) is 0 Å². The fourth-order valence-electron chi connectivity index (χ4n) is 1.93. The van der Waals surface area contributed by atoms with E-state index in [-0.39, 0.29) is 37.4 Å². The third-order valence-electron chi connectivity index (χ3n) is 3.22. The van der Waals surface area contributed by atoms with Crippen molar-refractivity contribution in [3.05, 3.63) is 48.6 Å². The molecule has 0 atom stereocenters. The van der Waals surface area contributed by atoms with Crippen LogP contribution < -0.4 is 29.6 Å². The van der Waals surface area contributed by atoms with Crippen molar-refractivity contribution < 1.29 is 40.9 Å². The van der Waals surface area contributed by atoms with E-state index in [0.717, 1.165) is 32.1 Å². The van der Waals surface area contributed by atoms with Gasteiger partial charge in [-0.05, 0) is 44.9 Å². The Hall–Kier alpha value is -0.570. The largest absolute Gasteiger partial charge is 1.00 e. The second kappa shape index (κ2) is 21.4. The smallest absolute Gasteiger partial charge is 1.00 e. The molecule has 0 rings (SSSR count). The van der Waals surface area contributed by atoms with E-state index >= 15 is 0 Å². The van der Waals surface area contributed by atoms with E-state index in [0.29, 0.717) is 0 Å². The SMILES string of the molecule is CCCCCC=CCC=CCC=CCC=CCCCC(=O)O.[H-].[Na+]. The fraction of sp³-hybridized carbons (Fsp3) is 0.550. The molecule has 0 aromatic rings. The first-order chi connectivity index (χ1) is 10.8. The molecular weight excluding hydrogens is 295 g/mol. The van der Waals surface area contributed by atoms with Crippen LogP contribution in [-0.4, -0.2) is 11.1 Å². The Morgan fingerprint density at radius 1 is 0.783 bits per heavy atom. The van der Waals surface area contributed by atoms with Gasteiger partial charge in [0.25, 0.3) is 0 Å². The molecule has 0 spiro atoms. The number of allylic oxidation sites excluding steroid dienone is 8. The number of aliphatic carboxylic acids is 1. The molecule has 23 heavy (non-hydrogen) atoms. The number of carbonyl (C=O) groups is 1. The second-order valence-corrected chi connectivity index (χ2v) is 5.37. The molecule has 0 saturated heterocycles. The van der Waals surface area contributed by atoms with Crippen LogP contribution in [-0.2, 0) is 4.79 Å². The van der Waals surface area contributed by atoms with Crippen molar-refractivity contribution in [1.82, 2.24) is 0 Å². The van der Waals surface area contributed by atoms with E-state index in [1.807, 2.05) is 0 Å². The van der Waals surface area contributed by atoms with Crippen molar-refractivity contribution >= 4 is 5.97 Å². The summed E-state index contributed by atoms with van der Waals surface area (Å²) in [6.45, 7) is 2.23. The normalized spacial score (nSPS) is 11.9. The minimum absolute atomic E-state index is 0. The summed E-state index contributed by atoms with van der Waals surface area (Å²) in [6, 6.07) is 0. The van der Waals surface area contributed by atoms with E-state index in [4.69, 9.17) is 5.11 Å². The Kier molecular flexibility index (Phi) is 23.0. The quantitative estimate of drug-likeness (QED) is 0.302. The molecular formula is C20H33NaO2. The van der Waals surface area contributed by atoms with E-state index in [1.54, 1.807) is 0 Å². The number of hydrogen-bond donors (Lipinski definition) is 1. The maximum Gasteiger partial charge on any atom is 1.00 e. The van der Waals surface area contributed by atoms with Gasteiger partial charge in [-0.3, -0.25) is 4.79 Å². The molecule has 0 amide bonds. The molecule has 0 aromatic carbocycles. The molecule has 126 valence electrons. The first-order valence-corrected chi connectivity index (χ1v) is 8.59. The van der Waals surface area contributed by atoms with Gasteiger partial charge in [-0.1, -0.05) is 68.4 Å². The maximum absolute atomic E-state index is 10.3. The molecule has 0 fully saturated rings. The first-order valence-electron chi connectivity index (χ1n) is 8.59. The maximum atomic E-state index is 10.3. The predicted octanol–water partition coefficient (Wildman–Crippen LogP) is 3.33. The summed E-state index contributed by atoms with van der Waals surface area (Å²) in [7, 11) is 0. The van der Waals surface area contributed by atoms with Crippen molar-refractivity contribution in [2.45, 2.75) is 71.1 Å². The minimum atomic E-state index is -0.712. The standard InChI is InChI=1S/C20H32O2.Na.H/c1-2-3-4-5-6-7-8-9-10-11-12-13-14-15-16-17-18-19-20(21)22;;/h6-7,9-10,12-13,15-16H,2-5,8,11,14,17-19H2,1H3,(H,21,22);;/q;+1;-1. The van der Waals surface area contributed by atoms with Gasteiger partial charge in [0.15, 0.2) is 0 Å². The molecule has 0 radical (unpaired) electrons. The molecule has 0 unspecified atom stereocenters. The van der Waals surface area contributed by atoms with Gasteiger partial charge in [0, 0.05) is 6.42 Å². The summed E-state index contributed by atoms with van der Waals surface area (Å²) in [5.74, 6) is -0.712. The summed E-state index contributed by atoms with van der Waals surface area (Å²) >= 11 is 0. The van der Waals surface area contributed by atoms with Crippen molar-refractivity contribution in [3.63, 3.8) is 0 Å². The van der Waals surface area contributed by atoms with Gasteiger partial charge in [-0.25, -0.2) is 0 Å². The van der Waals surface area contributed by atoms with Gasteiger partial charge in [0.1, 0.15) is 0 Å². The monoisotopic (exact) mass is 328 g/mol. The Bertz CT molecular complexity index is 374. The third-order valence-corrected chi connectivity index (χ3v) is 3.22. The van der Waals surface area contributed by atoms with Crippen molar-refractivity contribution in [3.8, 4) is 0 Å². The molecule has 0 saturated carbocycles. The van der Waals surface area contributed by atoms with Crippen LogP contribution in [0.2, 0.25) is 0 Å². The van der Waals surface area contributed by atoms with Crippen LogP contribution in [0.1, 0.15) is 72.6 Å². The van der Waals surface area contributed by atoms with Crippen molar-refractivity contribution in [2.75, 3.05) is 0 Å². The summed E-state index contributed by atoms with van der Waals surface area (Å²) in [5.41, 5.74) is 0. The van der Waals surface area contributed by atoms with Crippen molar-refractivity contribution in [1.29, 1.82) is 0 Å². The van der Waals surface area contributed by atoms with E-state index in [9.17, 15) is 4.79 Å². The number of rotatable bonds is 14. The van der Waals surface area contributed by atoms with Gasteiger partial charge in [-0.2, -0.15) is 0 Å². The number of hydrogen-bond acceptors (Lipinski definition) is 1. The van der Waals surface area contributed by atoms with E-state index < -0.39 is 5.97 Å². The molecule has 0 bridgehead atoms. The predicted molar refractivity (Wildman–Crippen MR) is 97.2 cm³/mol. The first kappa shape index (κ1) is 24.7. The molecule has 1 N–H and O–H groups in total. The third kappa shape index (κ3) is 23.8. The van der Waals surface area contributed by atoms with Gasteiger partial charge in [-0.15, -0.1) is 0 Å². The van der Waals surface area contributed by atoms with E-state index in [2.05, 4.69) is 55.5 Å². The molecule has 2 nitrogen and oxygen atoms in total.